The first kappa shape index (κ1) is 26.7. The van der Waals surface area contributed by atoms with Crippen molar-refractivity contribution in [3.05, 3.63) is 57.6 Å². The molecule has 1 amide bonds. The molecule has 1 saturated heterocycles. The molecule has 0 saturated carbocycles. The number of nitrogens with one attached hydrogen (secondary N) is 2. The molecule has 4 rings (SSSR count). The average molecular weight is 547 g/mol. The second kappa shape index (κ2) is 10.2. The predicted octanol–water partition coefficient (Wildman–Crippen LogP) is 2.90. The number of halogens is 4. The molecule has 196 valence electrons. The number of anilines is 1. The lowest BCUT2D eigenvalue weighted by molar-refractivity contribution is -0.137. The summed E-state index contributed by atoms with van der Waals surface area (Å²) in [6.07, 6.45) is -6.29. The van der Waals surface area contributed by atoms with Crippen LogP contribution < -0.4 is 10.6 Å². The van der Waals surface area contributed by atoms with Crippen LogP contribution in [0.5, 0.6) is 0 Å². The number of alkyl halides is 3. The number of carbonyl (C=O) groups excluding carboxylic acids is 1. The van der Waals surface area contributed by atoms with E-state index in [1.54, 1.807) is 0 Å². The number of aliphatic hydroxyl groups is 1. The number of fused-ring (bicyclic) bond motifs is 1. The summed E-state index contributed by atoms with van der Waals surface area (Å²) in [5.41, 5.74) is -0.708. The standard InChI is InChI=1S/C23H26ClF3N4O4S/c1-2-36(34,35)19-4-3-17(24)10-14(19)13-31-21(32)18-11-16(23(25,26)27)9-15(20(18)29-22(31)33)12-30-7-5-28-6-8-30/h3-4,9-11,22,28-29,33H,2,5-8,12-13H2,1H3. The fraction of sp³-hybridized carbons (Fsp3) is 0.435. The van der Waals surface area contributed by atoms with Gasteiger partial charge in [-0.1, -0.05) is 18.5 Å². The van der Waals surface area contributed by atoms with Gasteiger partial charge in [0.2, 0.25) is 6.35 Å². The van der Waals surface area contributed by atoms with Gasteiger partial charge in [0.25, 0.3) is 5.91 Å². The van der Waals surface area contributed by atoms with Crippen LogP contribution in [0.25, 0.3) is 0 Å². The molecule has 0 aliphatic carbocycles. The lowest BCUT2D eigenvalue weighted by Crippen LogP contribution is -2.49. The van der Waals surface area contributed by atoms with Crippen LogP contribution >= 0.6 is 11.6 Å². The van der Waals surface area contributed by atoms with E-state index >= 15 is 0 Å². The Labute approximate surface area is 211 Å². The minimum Gasteiger partial charge on any atom is -0.356 e. The Morgan fingerprint density at radius 1 is 1.11 bits per heavy atom. The third-order valence-electron chi connectivity index (χ3n) is 6.29. The fourth-order valence-electron chi connectivity index (χ4n) is 4.38. The van der Waals surface area contributed by atoms with Gasteiger partial charge in [-0.05, 0) is 41.5 Å². The van der Waals surface area contributed by atoms with Gasteiger partial charge in [0.05, 0.1) is 34.0 Å². The van der Waals surface area contributed by atoms with E-state index in [9.17, 15) is 31.5 Å². The Morgan fingerprint density at radius 2 is 1.81 bits per heavy atom. The Hall–Kier alpha value is -2.38. The van der Waals surface area contributed by atoms with Gasteiger partial charge in [0.15, 0.2) is 9.84 Å². The number of aliphatic hydroxyl groups excluding tert-OH is 1. The highest BCUT2D eigenvalue weighted by molar-refractivity contribution is 7.91. The maximum absolute atomic E-state index is 13.7. The SMILES string of the molecule is CCS(=O)(=O)c1ccc(Cl)cc1CN1C(=O)c2cc(C(F)(F)F)cc(CN3CCNCC3)c2NC1O. The van der Waals surface area contributed by atoms with E-state index in [0.717, 1.165) is 17.0 Å². The van der Waals surface area contributed by atoms with Crippen molar-refractivity contribution in [2.45, 2.75) is 37.4 Å². The number of amides is 1. The summed E-state index contributed by atoms with van der Waals surface area (Å²) >= 11 is 6.06. The molecule has 1 unspecified atom stereocenters. The van der Waals surface area contributed by atoms with Crippen molar-refractivity contribution in [1.29, 1.82) is 0 Å². The van der Waals surface area contributed by atoms with E-state index in [0.29, 0.717) is 26.2 Å². The summed E-state index contributed by atoms with van der Waals surface area (Å²) in [7, 11) is -3.70. The van der Waals surface area contributed by atoms with Crippen molar-refractivity contribution < 1.29 is 31.5 Å². The van der Waals surface area contributed by atoms with Gasteiger partial charge in [0, 0.05) is 37.7 Å². The average Bonchev–Trinajstić information content (AvgIpc) is 2.82. The van der Waals surface area contributed by atoms with E-state index < -0.39 is 33.8 Å². The summed E-state index contributed by atoms with van der Waals surface area (Å²) < 4.78 is 66.3. The van der Waals surface area contributed by atoms with Crippen LogP contribution in [0.3, 0.4) is 0 Å². The van der Waals surface area contributed by atoms with Crippen LogP contribution in [0, 0.1) is 0 Å². The molecule has 0 bridgehead atoms. The third-order valence-corrected chi connectivity index (χ3v) is 8.35. The highest BCUT2D eigenvalue weighted by atomic mass is 35.5. The van der Waals surface area contributed by atoms with Crippen LogP contribution in [0.2, 0.25) is 5.02 Å². The molecule has 36 heavy (non-hydrogen) atoms. The van der Waals surface area contributed by atoms with Gasteiger partial charge in [-0.3, -0.25) is 14.6 Å². The van der Waals surface area contributed by atoms with Crippen LogP contribution in [0.15, 0.2) is 35.2 Å². The first-order valence-corrected chi connectivity index (χ1v) is 13.4. The van der Waals surface area contributed by atoms with Gasteiger partial charge < -0.3 is 15.7 Å². The Kier molecular flexibility index (Phi) is 7.54. The lowest BCUT2D eigenvalue weighted by atomic mass is 9.98. The molecule has 3 N–H and O–H groups in total. The van der Waals surface area contributed by atoms with Crippen molar-refractivity contribution >= 4 is 33.0 Å². The topological polar surface area (TPSA) is 102 Å². The molecule has 2 heterocycles. The van der Waals surface area contributed by atoms with E-state index in [4.69, 9.17) is 11.6 Å². The Balaban J connectivity index is 1.74. The van der Waals surface area contributed by atoms with Crippen molar-refractivity contribution in [3.8, 4) is 0 Å². The van der Waals surface area contributed by atoms with Crippen LogP contribution in [0.1, 0.15) is 34.0 Å². The Bertz CT molecular complexity index is 1270. The monoisotopic (exact) mass is 546 g/mol. The molecule has 0 aromatic heterocycles. The fourth-order valence-corrected chi connectivity index (χ4v) is 5.69. The zero-order valence-corrected chi connectivity index (χ0v) is 21.0. The summed E-state index contributed by atoms with van der Waals surface area (Å²) in [6.45, 7) is 3.86. The molecule has 2 aromatic rings. The molecule has 1 fully saturated rings. The highest BCUT2D eigenvalue weighted by Gasteiger charge is 2.38. The predicted molar refractivity (Wildman–Crippen MR) is 128 cm³/mol. The molecule has 2 aliphatic rings. The van der Waals surface area contributed by atoms with Gasteiger partial charge in [-0.2, -0.15) is 13.2 Å². The maximum Gasteiger partial charge on any atom is 0.416 e. The Morgan fingerprint density at radius 3 is 2.44 bits per heavy atom. The van der Waals surface area contributed by atoms with E-state index in [2.05, 4.69) is 10.6 Å². The number of hydrogen-bond acceptors (Lipinski definition) is 7. The highest BCUT2D eigenvalue weighted by Crippen LogP contribution is 2.38. The summed E-state index contributed by atoms with van der Waals surface area (Å²) in [4.78, 5) is 16.2. The number of piperazine rings is 1. The van der Waals surface area contributed by atoms with Crippen molar-refractivity contribution in [3.63, 3.8) is 0 Å². The van der Waals surface area contributed by atoms with Gasteiger partial charge in [-0.15, -0.1) is 0 Å². The molecule has 13 heteroatoms. The van der Waals surface area contributed by atoms with Crippen LogP contribution in [0.4, 0.5) is 18.9 Å². The molecule has 1 atom stereocenters. The van der Waals surface area contributed by atoms with Crippen LogP contribution in [-0.2, 0) is 29.1 Å². The van der Waals surface area contributed by atoms with Gasteiger partial charge in [0.1, 0.15) is 0 Å². The number of nitrogens with zero attached hydrogens (tertiary/aromatic N) is 2. The maximum atomic E-state index is 13.7. The summed E-state index contributed by atoms with van der Waals surface area (Å²) in [5.74, 6) is -1.06. The molecule has 0 radical (unpaired) electrons. The molecule has 0 spiro atoms. The normalized spacial score (nSPS) is 19.2. The lowest BCUT2D eigenvalue weighted by Gasteiger charge is -2.37. The first-order valence-electron chi connectivity index (χ1n) is 11.3. The molecular formula is C23H26ClF3N4O4S. The smallest absolute Gasteiger partial charge is 0.356 e. The molecule has 2 aliphatic heterocycles. The van der Waals surface area contributed by atoms with E-state index in [1.807, 2.05) is 4.90 Å². The number of hydrogen-bond donors (Lipinski definition) is 3. The van der Waals surface area contributed by atoms with Crippen molar-refractivity contribution in [1.82, 2.24) is 15.1 Å². The molecule has 2 aromatic carbocycles. The number of rotatable bonds is 6. The van der Waals surface area contributed by atoms with E-state index in [1.165, 1.54) is 25.1 Å². The molecular weight excluding hydrogens is 521 g/mol. The van der Waals surface area contributed by atoms with Crippen molar-refractivity contribution in [2.75, 3.05) is 37.2 Å². The third kappa shape index (κ3) is 5.47. The first-order chi connectivity index (χ1) is 16.9. The number of carbonyl (C=O) groups is 1. The molecule has 8 nitrogen and oxygen atoms in total. The second-order valence-corrected chi connectivity index (χ2v) is 11.4. The zero-order chi connectivity index (χ0) is 26.3. The number of benzene rings is 2. The minimum absolute atomic E-state index is 0.0661. The van der Waals surface area contributed by atoms with Gasteiger partial charge in [-0.25, -0.2) is 8.42 Å². The number of sulfone groups is 1. The summed E-state index contributed by atoms with van der Waals surface area (Å²) in [5, 5.41) is 16.9. The largest absolute Gasteiger partial charge is 0.416 e. The van der Waals surface area contributed by atoms with Gasteiger partial charge >= 0.3 is 6.18 Å². The van der Waals surface area contributed by atoms with E-state index in [-0.39, 0.29) is 51.1 Å². The van der Waals surface area contributed by atoms with Crippen molar-refractivity contribution in [2.24, 2.45) is 0 Å². The van der Waals surface area contributed by atoms with Crippen LogP contribution in [-0.4, -0.2) is 67.5 Å². The zero-order valence-electron chi connectivity index (χ0n) is 19.4. The minimum atomic E-state index is -4.69. The second-order valence-electron chi connectivity index (χ2n) is 8.69. The summed E-state index contributed by atoms with van der Waals surface area (Å²) in [6, 6.07) is 5.82. The quantitative estimate of drug-likeness (QED) is 0.512.